The molecule has 1 fully saturated rings. The van der Waals surface area contributed by atoms with Crippen molar-refractivity contribution in [1.29, 1.82) is 0 Å². The molecule has 240 valence electrons. The average molecular weight is 605 g/mol. The number of hydrogen-bond donors (Lipinski definition) is 1. The summed E-state index contributed by atoms with van der Waals surface area (Å²) in [5, 5.41) is 9.42. The zero-order chi connectivity index (χ0) is 31.9. The van der Waals surface area contributed by atoms with Gasteiger partial charge in [0.2, 0.25) is 0 Å². The smallest absolute Gasteiger partial charge is 0.333 e. The SMILES string of the molecule is C=C(C)C(=O)OCCOc1cc(-c2ccc(C3CCC(CCCCC)CC3)cc2CCOC(=O)C(=C)C)ccc1CCCO. The van der Waals surface area contributed by atoms with Gasteiger partial charge in [0.05, 0.1) is 6.61 Å². The number of carbonyl (C=O) groups excluding carboxylic acids is 2. The van der Waals surface area contributed by atoms with E-state index in [-0.39, 0.29) is 32.4 Å². The van der Waals surface area contributed by atoms with E-state index in [1.807, 2.05) is 12.1 Å². The van der Waals surface area contributed by atoms with E-state index in [4.69, 9.17) is 14.2 Å². The summed E-state index contributed by atoms with van der Waals surface area (Å²) < 4.78 is 16.8. The molecule has 0 spiro atoms. The van der Waals surface area contributed by atoms with Gasteiger partial charge in [-0.2, -0.15) is 0 Å². The highest BCUT2D eigenvalue weighted by Gasteiger charge is 2.23. The summed E-state index contributed by atoms with van der Waals surface area (Å²) in [6.07, 6.45) is 12.2. The number of aliphatic hydroxyl groups is 1. The molecule has 2 aromatic rings. The molecule has 1 N–H and O–H groups in total. The van der Waals surface area contributed by atoms with Crippen molar-refractivity contribution < 1.29 is 28.9 Å². The monoisotopic (exact) mass is 604 g/mol. The summed E-state index contributed by atoms with van der Waals surface area (Å²) in [4.78, 5) is 23.9. The maximum atomic E-state index is 12.1. The fourth-order valence-electron chi connectivity index (χ4n) is 5.94. The lowest BCUT2D eigenvalue weighted by Gasteiger charge is -2.29. The van der Waals surface area contributed by atoms with E-state index in [0.717, 1.165) is 28.2 Å². The Bertz CT molecular complexity index is 1250. The second-order valence-corrected chi connectivity index (χ2v) is 12.2. The van der Waals surface area contributed by atoms with Crippen molar-refractivity contribution in [1.82, 2.24) is 0 Å². The van der Waals surface area contributed by atoms with E-state index in [2.05, 4.69) is 44.3 Å². The second kappa shape index (κ2) is 18.4. The molecule has 6 heteroatoms. The van der Waals surface area contributed by atoms with Crippen LogP contribution >= 0.6 is 0 Å². The Kier molecular flexibility index (Phi) is 14.7. The van der Waals surface area contributed by atoms with Gasteiger partial charge >= 0.3 is 11.9 Å². The molecule has 0 aliphatic heterocycles. The van der Waals surface area contributed by atoms with Crippen molar-refractivity contribution >= 4 is 11.9 Å². The van der Waals surface area contributed by atoms with Crippen molar-refractivity contribution in [2.24, 2.45) is 5.92 Å². The Hall–Kier alpha value is -3.38. The Morgan fingerprint density at radius 1 is 0.818 bits per heavy atom. The average Bonchev–Trinajstić information content (AvgIpc) is 3.02. The molecule has 0 unspecified atom stereocenters. The van der Waals surface area contributed by atoms with Gasteiger partial charge in [-0.25, -0.2) is 9.59 Å². The fourth-order valence-corrected chi connectivity index (χ4v) is 5.94. The van der Waals surface area contributed by atoms with E-state index >= 15 is 0 Å². The zero-order valence-electron chi connectivity index (χ0n) is 27.1. The van der Waals surface area contributed by atoms with E-state index < -0.39 is 5.97 Å². The molecule has 0 atom stereocenters. The first-order valence-electron chi connectivity index (χ1n) is 16.4. The van der Waals surface area contributed by atoms with Crippen LogP contribution in [0.5, 0.6) is 5.75 Å². The molecule has 0 saturated heterocycles. The van der Waals surface area contributed by atoms with E-state index in [9.17, 15) is 14.7 Å². The number of unbranched alkanes of at least 4 members (excludes halogenated alkanes) is 2. The van der Waals surface area contributed by atoms with E-state index in [1.54, 1.807) is 13.8 Å². The number of aliphatic hydroxyl groups excluding tert-OH is 1. The molecule has 1 aliphatic rings. The number of rotatable bonds is 18. The fraction of sp³-hybridized carbons (Fsp3) is 0.526. The number of aryl methyl sites for hydroxylation is 1. The molecule has 2 aromatic carbocycles. The van der Waals surface area contributed by atoms with E-state index in [1.165, 1.54) is 56.9 Å². The van der Waals surface area contributed by atoms with Gasteiger partial charge in [0, 0.05) is 24.2 Å². The van der Waals surface area contributed by atoms with Crippen LogP contribution in [0.3, 0.4) is 0 Å². The van der Waals surface area contributed by atoms with Crippen LogP contribution in [0.25, 0.3) is 11.1 Å². The first kappa shape index (κ1) is 35.1. The van der Waals surface area contributed by atoms with Crippen LogP contribution in [0.1, 0.15) is 101 Å². The van der Waals surface area contributed by atoms with Gasteiger partial charge < -0.3 is 19.3 Å². The standard InChI is InChI=1S/C38H52O6/c1-6-7-8-10-29-12-14-30(15-13-29)32-18-19-35(34(25-32)20-22-43-37(40)27(2)3)33-17-16-31(11-9-21-39)36(26-33)42-23-24-44-38(41)28(4)5/h16-19,25-26,29-30,39H,2,4,6-15,20-24H2,1,3,5H3. The predicted octanol–water partition coefficient (Wildman–Crippen LogP) is 8.29. The Balaban J connectivity index is 1.83. The van der Waals surface area contributed by atoms with Crippen molar-refractivity contribution in [3.8, 4) is 16.9 Å². The number of hydrogen-bond acceptors (Lipinski definition) is 6. The van der Waals surface area contributed by atoms with Crippen LogP contribution in [-0.4, -0.2) is 43.5 Å². The molecule has 44 heavy (non-hydrogen) atoms. The minimum Gasteiger partial charge on any atom is -0.490 e. The first-order valence-corrected chi connectivity index (χ1v) is 16.4. The third-order valence-corrected chi connectivity index (χ3v) is 8.52. The maximum absolute atomic E-state index is 12.1. The van der Waals surface area contributed by atoms with Crippen LogP contribution in [0.2, 0.25) is 0 Å². The highest BCUT2D eigenvalue weighted by molar-refractivity contribution is 5.87. The molecule has 1 aliphatic carbocycles. The lowest BCUT2D eigenvalue weighted by Crippen LogP contribution is -2.14. The third-order valence-electron chi connectivity index (χ3n) is 8.52. The van der Waals surface area contributed by atoms with Crippen LogP contribution < -0.4 is 4.74 Å². The quantitative estimate of drug-likeness (QED) is 0.105. The van der Waals surface area contributed by atoms with Crippen LogP contribution in [0.15, 0.2) is 60.7 Å². The maximum Gasteiger partial charge on any atom is 0.333 e. The Morgan fingerprint density at radius 3 is 2.18 bits per heavy atom. The number of benzene rings is 2. The molecule has 0 radical (unpaired) electrons. The first-order chi connectivity index (χ1) is 21.2. The number of esters is 2. The summed E-state index contributed by atoms with van der Waals surface area (Å²) in [7, 11) is 0. The Labute approximate surface area is 264 Å². The van der Waals surface area contributed by atoms with Crippen molar-refractivity contribution in [3.63, 3.8) is 0 Å². The van der Waals surface area contributed by atoms with Crippen molar-refractivity contribution in [3.05, 3.63) is 77.4 Å². The van der Waals surface area contributed by atoms with Gasteiger partial charge in [0.15, 0.2) is 0 Å². The lowest BCUT2D eigenvalue weighted by atomic mass is 9.76. The second-order valence-electron chi connectivity index (χ2n) is 12.2. The zero-order valence-corrected chi connectivity index (χ0v) is 27.1. The lowest BCUT2D eigenvalue weighted by molar-refractivity contribution is -0.140. The number of carbonyl (C=O) groups is 2. The summed E-state index contributed by atoms with van der Waals surface area (Å²) in [6.45, 7) is 13.5. The molecule has 0 aromatic heterocycles. The minimum absolute atomic E-state index is 0.0899. The topological polar surface area (TPSA) is 82.1 Å². The number of ether oxygens (including phenoxy) is 3. The van der Waals surface area contributed by atoms with E-state index in [0.29, 0.717) is 42.1 Å². The molecule has 0 bridgehead atoms. The predicted molar refractivity (Wildman–Crippen MR) is 177 cm³/mol. The Morgan fingerprint density at radius 2 is 1.52 bits per heavy atom. The summed E-state index contributed by atoms with van der Waals surface area (Å²) in [5.41, 5.74) is 6.28. The summed E-state index contributed by atoms with van der Waals surface area (Å²) >= 11 is 0. The van der Waals surface area contributed by atoms with Crippen LogP contribution in [0.4, 0.5) is 0 Å². The van der Waals surface area contributed by atoms with Gasteiger partial charge in [0.1, 0.15) is 19.0 Å². The van der Waals surface area contributed by atoms with Gasteiger partial charge in [-0.05, 0) is 98.1 Å². The third kappa shape index (κ3) is 11.0. The highest BCUT2D eigenvalue weighted by Crippen LogP contribution is 2.40. The van der Waals surface area contributed by atoms with Crippen LogP contribution in [-0.2, 0) is 31.9 Å². The molecule has 0 amide bonds. The summed E-state index contributed by atoms with van der Waals surface area (Å²) in [6, 6.07) is 12.9. The molecule has 3 rings (SSSR count). The van der Waals surface area contributed by atoms with Crippen molar-refractivity contribution in [2.45, 2.75) is 97.3 Å². The normalized spacial score (nSPS) is 16.3. The van der Waals surface area contributed by atoms with Gasteiger partial charge in [0.25, 0.3) is 0 Å². The largest absolute Gasteiger partial charge is 0.490 e. The minimum atomic E-state index is -0.440. The van der Waals surface area contributed by atoms with Crippen LogP contribution in [0, 0.1) is 5.92 Å². The summed E-state index contributed by atoms with van der Waals surface area (Å²) in [5.74, 6) is 1.28. The molecular weight excluding hydrogens is 552 g/mol. The van der Waals surface area contributed by atoms with Gasteiger partial charge in [-0.3, -0.25) is 0 Å². The molecule has 6 nitrogen and oxygen atoms in total. The molecule has 1 saturated carbocycles. The highest BCUT2D eigenvalue weighted by atomic mass is 16.6. The molecular formula is C38H52O6. The van der Waals surface area contributed by atoms with Crippen molar-refractivity contribution in [2.75, 3.05) is 26.4 Å². The molecule has 0 heterocycles. The van der Waals surface area contributed by atoms with Gasteiger partial charge in [-0.15, -0.1) is 0 Å². The van der Waals surface area contributed by atoms with Gasteiger partial charge in [-0.1, -0.05) is 76.1 Å².